The number of nitrogens with one attached hydrogen (secondary N) is 1. The third-order valence-electron chi connectivity index (χ3n) is 3.07. The highest BCUT2D eigenvalue weighted by molar-refractivity contribution is 14.1. The van der Waals surface area contributed by atoms with Gasteiger partial charge in [-0.15, -0.1) is 0 Å². The molecule has 112 valence electrons. The Labute approximate surface area is 144 Å². The molecule has 0 aliphatic rings. The van der Waals surface area contributed by atoms with Gasteiger partial charge in [0.15, 0.2) is 0 Å². The van der Waals surface area contributed by atoms with Crippen LogP contribution in [0.1, 0.15) is 15.9 Å². The Hall–Kier alpha value is -2.00. The zero-order valence-corrected chi connectivity index (χ0v) is 14.7. The van der Waals surface area contributed by atoms with Crippen LogP contribution in [-0.4, -0.2) is 26.5 Å². The van der Waals surface area contributed by atoms with Crippen LogP contribution in [0.25, 0.3) is 0 Å². The SMILES string of the molecule is CN(C)c1ccc(C#CCNC(=O)c2ccccc2I)cc1. The first-order valence-corrected chi connectivity index (χ1v) is 7.95. The molecular formula is C18H17IN2O. The summed E-state index contributed by atoms with van der Waals surface area (Å²) in [4.78, 5) is 14.0. The minimum absolute atomic E-state index is 0.0951. The van der Waals surface area contributed by atoms with Crippen molar-refractivity contribution in [2.75, 3.05) is 25.5 Å². The third kappa shape index (κ3) is 4.50. The Morgan fingerprint density at radius 3 is 2.45 bits per heavy atom. The molecule has 22 heavy (non-hydrogen) atoms. The van der Waals surface area contributed by atoms with E-state index < -0.39 is 0 Å². The fourth-order valence-corrected chi connectivity index (χ4v) is 2.49. The number of benzene rings is 2. The zero-order chi connectivity index (χ0) is 15.9. The minimum atomic E-state index is -0.0951. The predicted molar refractivity (Wildman–Crippen MR) is 99.1 cm³/mol. The Kier molecular flexibility index (Phi) is 5.84. The van der Waals surface area contributed by atoms with Gasteiger partial charge in [0.05, 0.1) is 12.1 Å². The van der Waals surface area contributed by atoms with Crippen LogP contribution in [0.3, 0.4) is 0 Å². The first kappa shape index (κ1) is 16.4. The van der Waals surface area contributed by atoms with Crippen LogP contribution in [0.4, 0.5) is 5.69 Å². The van der Waals surface area contributed by atoms with E-state index in [9.17, 15) is 4.79 Å². The molecule has 2 aromatic rings. The second kappa shape index (κ2) is 7.85. The summed E-state index contributed by atoms with van der Waals surface area (Å²) in [6.45, 7) is 0.333. The molecule has 3 nitrogen and oxygen atoms in total. The smallest absolute Gasteiger partial charge is 0.253 e. The van der Waals surface area contributed by atoms with Gasteiger partial charge < -0.3 is 10.2 Å². The number of carbonyl (C=O) groups excluding carboxylic acids is 1. The van der Waals surface area contributed by atoms with Gasteiger partial charge >= 0.3 is 0 Å². The second-order valence-corrected chi connectivity index (χ2v) is 6.07. The topological polar surface area (TPSA) is 32.3 Å². The number of anilines is 1. The average molecular weight is 404 g/mol. The van der Waals surface area contributed by atoms with Gasteiger partial charge in [-0.05, 0) is 59.0 Å². The van der Waals surface area contributed by atoms with Gasteiger partial charge in [0, 0.05) is 28.9 Å². The van der Waals surface area contributed by atoms with Crippen LogP contribution in [0, 0.1) is 15.4 Å². The molecule has 0 saturated carbocycles. The molecule has 0 radical (unpaired) electrons. The normalized spacial score (nSPS) is 9.59. The molecule has 2 aromatic carbocycles. The third-order valence-corrected chi connectivity index (χ3v) is 4.01. The molecule has 0 spiro atoms. The van der Waals surface area contributed by atoms with E-state index >= 15 is 0 Å². The number of nitrogens with zero attached hydrogens (tertiary/aromatic N) is 1. The van der Waals surface area contributed by atoms with Gasteiger partial charge in [0.2, 0.25) is 0 Å². The van der Waals surface area contributed by atoms with Crippen LogP contribution in [-0.2, 0) is 0 Å². The summed E-state index contributed by atoms with van der Waals surface area (Å²) in [5.41, 5.74) is 2.76. The van der Waals surface area contributed by atoms with Crippen molar-refractivity contribution >= 4 is 34.2 Å². The van der Waals surface area contributed by atoms with Crippen LogP contribution in [0.15, 0.2) is 48.5 Å². The Morgan fingerprint density at radius 1 is 1.14 bits per heavy atom. The van der Waals surface area contributed by atoms with Crippen LogP contribution >= 0.6 is 22.6 Å². The molecule has 0 fully saturated rings. The van der Waals surface area contributed by atoms with E-state index in [4.69, 9.17) is 0 Å². The highest BCUT2D eigenvalue weighted by Crippen LogP contribution is 2.12. The lowest BCUT2D eigenvalue weighted by atomic mass is 10.2. The van der Waals surface area contributed by atoms with E-state index in [2.05, 4.69) is 39.7 Å². The Bertz CT molecular complexity index is 712. The molecule has 0 aliphatic heterocycles. The second-order valence-electron chi connectivity index (χ2n) is 4.91. The predicted octanol–water partition coefficient (Wildman–Crippen LogP) is 3.14. The molecule has 0 saturated heterocycles. The van der Waals surface area contributed by atoms with Gasteiger partial charge in [-0.1, -0.05) is 24.0 Å². The highest BCUT2D eigenvalue weighted by Gasteiger charge is 2.06. The maximum atomic E-state index is 12.0. The summed E-state index contributed by atoms with van der Waals surface area (Å²) in [6.07, 6.45) is 0. The van der Waals surface area contributed by atoms with Crippen molar-refractivity contribution in [1.82, 2.24) is 5.32 Å². The Balaban J connectivity index is 1.92. The van der Waals surface area contributed by atoms with Gasteiger partial charge in [0.1, 0.15) is 0 Å². The summed E-state index contributed by atoms with van der Waals surface area (Å²) in [5, 5.41) is 2.81. The van der Waals surface area contributed by atoms with Crippen molar-refractivity contribution in [1.29, 1.82) is 0 Å². The largest absolute Gasteiger partial charge is 0.378 e. The van der Waals surface area contributed by atoms with E-state index in [-0.39, 0.29) is 5.91 Å². The van der Waals surface area contributed by atoms with Gasteiger partial charge in [-0.25, -0.2) is 0 Å². The quantitative estimate of drug-likeness (QED) is 0.630. The van der Waals surface area contributed by atoms with Crippen LogP contribution < -0.4 is 10.2 Å². The van der Waals surface area contributed by atoms with Crippen molar-refractivity contribution in [3.63, 3.8) is 0 Å². The number of amides is 1. The van der Waals surface area contributed by atoms with E-state index in [1.807, 2.05) is 67.5 Å². The lowest BCUT2D eigenvalue weighted by Gasteiger charge is -2.11. The standard InChI is InChI=1S/C18H17IN2O/c1-21(2)15-11-9-14(10-12-15)6-5-13-20-18(22)16-7-3-4-8-17(16)19/h3-4,7-12H,13H2,1-2H3,(H,20,22). The van der Waals surface area contributed by atoms with E-state index in [0.717, 1.165) is 14.8 Å². The van der Waals surface area contributed by atoms with E-state index in [1.54, 1.807) is 0 Å². The summed E-state index contributed by atoms with van der Waals surface area (Å²) in [7, 11) is 4.00. The number of hydrogen-bond donors (Lipinski definition) is 1. The van der Waals surface area contributed by atoms with Gasteiger partial charge in [-0.3, -0.25) is 4.79 Å². The number of carbonyl (C=O) groups is 1. The molecular weight excluding hydrogens is 387 g/mol. The van der Waals surface area contributed by atoms with Crippen molar-refractivity contribution in [3.05, 3.63) is 63.2 Å². The van der Waals surface area contributed by atoms with Gasteiger partial charge in [0.25, 0.3) is 5.91 Å². The highest BCUT2D eigenvalue weighted by atomic mass is 127. The lowest BCUT2D eigenvalue weighted by molar-refractivity contribution is 0.0958. The fraction of sp³-hybridized carbons (Fsp3) is 0.167. The number of halogens is 1. The van der Waals surface area contributed by atoms with E-state index in [1.165, 1.54) is 0 Å². The summed E-state index contributed by atoms with van der Waals surface area (Å²) < 4.78 is 0.935. The molecule has 0 aromatic heterocycles. The van der Waals surface area contributed by atoms with Gasteiger partial charge in [-0.2, -0.15) is 0 Å². The van der Waals surface area contributed by atoms with Crippen molar-refractivity contribution in [2.45, 2.75) is 0 Å². The first-order valence-electron chi connectivity index (χ1n) is 6.87. The summed E-state index contributed by atoms with van der Waals surface area (Å²) in [6, 6.07) is 15.5. The maximum Gasteiger partial charge on any atom is 0.253 e. The Morgan fingerprint density at radius 2 is 1.82 bits per heavy atom. The fourth-order valence-electron chi connectivity index (χ4n) is 1.85. The summed E-state index contributed by atoms with van der Waals surface area (Å²) >= 11 is 2.15. The zero-order valence-electron chi connectivity index (χ0n) is 12.6. The van der Waals surface area contributed by atoms with Crippen LogP contribution in [0.5, 0.6) is 0 Å². The molecule has 0 unspecified atom stereocenters. The molecule has 0 aliphatic carbocycles. The first-order chi connectivity index (χ1) is 10.6. The molecule has 4 heteroatoms. The molecule has 1 N–H and O–H groups in total. The monoisotopic (exact) mass is 404 g/mol. The molecule has 2 rings (SSSR count). The maximum absolute atomic E-state index is 12.0. The van der Waals surface area contributed by atoms with Crippen LogP contribution in [0.2, 0.25) is 0 Å². The molecule has 0 atom stereocenters. The number of hydrogen-bond acceptors (Lipinski definition) is 2. The molecule has 1 amide bonds. The summed E-state index contributed by atoms with van der Waals surface area (Å²) in [5.74, 6) is 5.92. The van der Waals surface area contributed by atoms with Crippen molar-refractivity contribution in [2.24, 2.45) is 0 Å². The number of rotatable bonds is 3. The molecule has 0 heterocycles. The van der Waals surface area contributed by atoms with Crippen molar-refractivity contribution in [3.8, 4) is 11.8 Å². The van der Waals surface area contributed by atoms with Crippen molar-refractivity contribution < 1.29 is 4.79 Å². The average Bonchev–Trinajstić information content (AvgIpc) is 2.52. The molecule has 0 bridgehead atoms. The lowest BCUT2D eigenvalue weighted by Crippen LogP contribution is -2.24. The van der Waals surface area contributed by atoms with E-state index in [0.29, 0.717) is 12.1 Å². The minimum Gasteiger partial charge on any atom is -0.378 e.